The zero-order valence-electron chi connectivity index (χ0n) is 18.8. The lowest BCUT2D eigenvalue weighted by atomic mass is 10.1. The van der Waals surface area contributed by atoms with E-state index in [1.165, 1.54) is 4.90 Å². The smallest absolute Gasteiger partial charge is 0.328 e. The summed E-state index contributed by atoms with van der Waals surface area (Å²) in [4.78, 5) is 65.5. The summed E-state index contributed by atoms with van der Waals surface area (Å²) < 4.78 is 0. The van der Waals surface area contributed by atoms with E-state index in [1.807, 2.05) is 0 Å². The second-order valence-electron chi connectivity index (χ2n) is 7.89. The maximum Gasteiger partial charge on any atom is 0.328 e. The van der Waals surface area contributed by atoms with Gasteiger partial charge in [-0.05, 0) is 32.1 Å². The Morgan fingerprint density at radius 3 is 2.29 bits per heavy atom. The number of hydrogen-bond acceptors (Lipinski definition) is 8. The van der Waals surface area contributed by atoms with Gasteiger partial charge in [0.2, 0.25) is 23.6 Å². The first-order chi connectivity index (χ1) is 16.0. The molecular weight excluding hydrogens is 452 g/mol. The highest BCUT2D eigenvalue weighted by atomic mass is 16.4. The standard InChI is InChI=1S/C19H34N8O7/c20-10(5-6-14(21)29)15(30)25-11(3-1-7-24-19(22)23)17(32)27-8-2-4-13(27)16(31)26-12(9-28)18(33)34/h10-13,28H,1-9,20H2,(H2,21,29)(H,25,30)(H,26,31)(H,33,34)(H4,22,23,24). The third kappa shape index (κ3) is 9.19. The zero-order chi connectivity index (χ0) is 25.8. The maximum atomic E-state index is 13.3. The van der Waals surface area contributed by atoms with Gasteiger partial charge in [0, 0.05) is 19.5 Å². The molecule has 0 aromatic heterocycles. The van der Waals surface area contributed by atoms with Gasteiger partial charge in [0.25, 0.3) is 0 Å². The van der Waals surface area contributed by atoms with Gasteiger partial charge in [-0.15, -0.1) is 0 Å². The minimum atomic E-state index is -1.51. The first-order valence-electron chi connectivity index (χ1n) is 10.8. The van der Waals surface area contributed by atoms with Crippen molar-refractivity contribution in [1.82, 2.24) is 15.5 Å². The number of primary amides is 1. The van der Waals surface area contributed by atoms with Crippen LogP contribution in [0.4, 0.5) is 0 Å². The lowest BCUT2D eigenvalue weighted by Crippen LogP contribution is -2.57. The largest absolute Gasteiger partial charge is 0.480 e. The Hall–Kier alpha value is -3.46. The van der Waals surface area contributed by atoms with Gasteiger partial charge >= 0.3 is 5.97 Å². The van der Waals surface area contributed by atoms with Crippen LogP contribution in [0, 0.1) is 0 Å². The average molecular weight is 487 g/mol. The van der Waals surface area contributed by atoms with Gasteiger partial charge < -0.3 is 48.7 Å². The Kier molecular flexibility index (Phi) is 11.7. The van der Waals surface area contributed by atoms with Crippen molar-refractivity contribution in [1.29, 1.82) is 0 Å². The van der Waals surface area contributed by atoms with E-state index >= 15 is 0 Å². The minimum Gasteiger partial charge on any atom is -0.480 e. The summed E-state index contributed by atoms with van der Waals surface area (Å²) >= 11 is 0. The number of nitrogens with one attached hydrogen (secondary N) is 2. The first-order valence-corrected chi connectivity index (χ1v) is 10.8. The molecule has 0 bridgehead atoms. The molecule has 15 heteroatoms. The molecule has 4 atom stereocenters. The number of carbonyl (C=O) groups excluding carboxylic acids is 4. The van der Waals surface area contributed by atoms with Crippen LogP contribution in [0.2, 0.25) is 0 Å². The quantitative estimate of drug-likeness (QED) is 0.0664. The molecule has 12 N–H and O–H groups in total. The van der Waals surface area contributed by atoms with Crippen LogP contribution in [0.5, 0.6) is 0 Å². The predicted octanol–water partition coefficient (Wildman–Crippen LogP) is -4.33. The normalized spacial score (nSPS) is 17.8. The molecule has 1 saturated heterocycles. The maximum absolute atomic E-state index is 13.3. The summed E-state index contributed by atoms with van der Waals surface area (Å²) in [7, 11) is 0. The molecule has 1 heterocycles. The van der Waals surface area contributed by atoms with Gasteiger partial charge in [0.1, 0.15) is 18.1 Å². The van der Waals surface area contributed by atoms with Gasteiger partial charge in [0.15, 0.2) is 5.96 Å². The summed E-state index contributed by atoms with van der Waals surface area (Å²) in [6, 6.07) is -4.63. The minimum absolute atomic E-state index is 0.0113. The number of aliphatic imine (C=N–C) groups is 1. The number of hydrogen-bond donors (Lipinski definition) is 8. The molecule has 4 unspecified atom stereocenters. The topological polar surface area (TPSA) is 270 Å². The van der Waals surface area contributed by atoms with Gasteiger partial charge in [-0.1, -0.05) is 0 Å². The molecule has 1 fully saturated rings. The predicted molar refractivity (Wildman–Crippen MR) is 120 cm³/mol. The number of aliphatic hydroxyl groups excluding tert-OH is 1. The molecule has 1 rings (SSSR count). The monoisotopic (exact) mass is 486 g/mol. The number of rotatable bonds is 14. The van der Waals surface area contributed by atoms with Crippen molar-refractivity contribution >= 4 is 35.6 Å². The molecule has 192 valence electrons. The van der Waals surface area contributed by atoms with E-state index in [9.17, 15) is 24.0 Å². The van der Waals surface area contributed by atoms with Crippen molar-refractivity contribution in [2.75, 3.05) is 19.7 Å². The van der Waals surface area contributed by atoms with E-state index in [-0.39, 0.29) is 44.7 Å². The number of carbonyl (C=O) groups is 5. The number of guanidine groups is 1. The highest BCUT2D eigenvalue weighted by Gasteiger charge is 2.38. The van der Waals surface area contributed by atoms with E-state index in [0.29, 0.717) is 12.8 Å². The Bertz CT molecular complexity index is 787. The van der Waals surface area contributed by atoms with Crippen LogP contribution in [-0.2, 0) is 24.0 Å². The van der Waals surface area contributed by atoms with Crippen molar-refractivity contribution in [3.8, 4) is 0 Å². The SMILES string of the molecule is NC(=O)CCC(N)C(=O)NC(CCCN=C(N)N)C(=O)N1CCCC1C(=O)NC(CO)C(=O)O. The second kappa shape index (κ2) is 13.9. The highest BCUT2D eigenvalue weighted by Crippen LogP contribution is 2.20. The Balaban J connectivity index is 2.95. The van der Waals surface area contributed by atoms with Crippen LogP contribution in [0.15, 0.2) is 4.99 Å². The zero-order valence-corrected chi connectivity index (χ0v) is 18.8. The van der Waals surface area contributed by atoms with Gasteiger partial charge in [-0.3, -0.25) is 24.2 Å². The molecule has 1 aliphatic rings. The summed E-state index contributed by atoms with van der Waals surface area (Å²) in [5.74, 6) is -4.13. The summed E-state index contributed by atoms with van der Waals surface area (Å²) in [6.07, 6.45) is 1.09. The first kappa shape index (κ1) is 28.6. The van der Waals surface area contributed by atoms with Crippen molar-refractivity contribution in [2.24, 2.45) is 27.9 Å². The number of carboxylic acid groups (broad SMARTS) is 1. The lowest BCUT2D eigenvalue weighted by Gasteiger charge is -2.29. The Morgan fingerprint density at radius 1 is 1.06 bits per heavy atom. The summed E-state index contributed by atoms with van der Waals surface area (Å²) in [5, 5.41) is 22.9. The number of likely N-dealkylation sites (tertiary alicyclic amines) is 1. The second-order valence-corrected chi connectivity index (χ2v) is 7.89. The van der Waals surface area contributed by atoms with Gasteiger partial charge in [-0.2, -0.15) is 0 Å². The number of aliphatic carboxylic acids is 1. The third-order valence-electron chi connectivity index (χ3n) is 5.23. The molecule has 15 nitrogen and oxygen atoms in total. The van der Waals surface area contributed by atoms with Crippen LogP contribution in [0.25, 0.3) is 0 Å². The number of aliphatic hydroxyl groups is 1. The Labute approximate surface area is 196 Å². The third-order valence-corrected chi connectivity index (χ3v) is 5.23. The van der Waals surface area contributed by atoms with Crippen molar-refractivity contribution in [2.45, 2.75) is 62.7 Å². The van der Waals surface area contributed by atoms with Gasteiger partial charge in [0.05, 0.1) is 12.6 Å². The molecule has 0 radical (unpaired) electrons. The molecule has 0 aromatic rings. The van der Waals surface area contributed by atoms with Crippen LogP contribution in [0.3, 0.4) is 0 Å². The van der Waals surface area contributed by atoms with E-state index in [1.54, 1.807) is 0 Å². The molecule has 0 aromatic carbocycles. The number of carboxylic acids is 1. The average Bonchev–Trinajstić information content (AvgIpc) is 3.26. The number of amides is 4. The highest BCUT2D eigenvalue weighted by molar-refractivity contribution is 5.94. The van der Waals surface area contributed by atoms with Crippen molar-refractivity contribution in [3.05, 3.63) is 0 Å². The lowest BCUT2D eigenvalue weighted by molar-refractivity contribution is -0.145. The fourth-order valence-corrected chi connectivity index (χ4v) is 3.43. The van der Waals surface area contributed by atoms with Crippen molar-refractivity contribution < 1.29 is 34.2 Å². The van der Waals surface area contributed by atoms with Crippen LogP contribution in [0.1, 0.15) is 38.5 Å². The van der Waals surface area contributed by atoms with Crippen molar-refractivity contribution in [3.63, 3.8) is 0 Å². The Morgan fingerprint density at radius 2 is 1.74 bits per heavy atom. The van der Waals surface area contributed by atoms with E-state index in [2.05, 4.69) is 15.6 Å². The number of nitrogens with zero attached hydrogens (tertiary/aromatic N) is 2. The molecule has 4 amide bonds. The summed E-state index contributed by atoms with van der Waals surface area (Å²) in [6.45, 7) is -0.410. The summed E-state index contributed by atoms with van der Waals surface area (Å²) in [5.41, 5.74) is 21.5. The molecule has 1 aliphatic heterocycles. The molecule has 0 aliphatic carbocycles. The van der Waals surface area contributed by atoms with Crippen LogP contribution < -0.4 is 33.6 Å². The fraction of sp³-hybridized carbons (Fsp3) is 0.684. The van der Waals surface area contributed by atoms with E-state index in [4.69, 9.17) is 33.1 Å². The number of nitrogens with two attached hydrogens (primary N) is 4. The van der Waals surface area contributed by atoms with E-state index in [0.717, 1.165) is 0 Å². The van der Waals surface area contributed by atoms with E-state index < -0.39 is 60.4 Å². The van der Waals surface area contributed by atoms with Crippen LogP contribution >= 0.6 is 0 Å². The van der Waals surface area contributed by atoms with Crippen LogP contribution in [-0.4, -0.2) is 94.5 Å². The molecule has 34 heavy (non-hydrogen) atoms. The fourth-order valence-electron chi connectivity index (χ4n) is 3.43. The van der Waals surface area contributed by atoms with Gasteiger partial charge in [-0.25, -0.2) is 4.79 Å². The molecular formula is C19H34N8O7. The molecule has 0 saturated carbocycles. The molecule has 0 spiro atoms.